The Morgan fingerprint density at radius 3 is 2.96 bits per heavy atom. The minimum atomic E-state index is -0.404. The SMILES string of the molecule is C#CCCC1(CCC(=O)NC2CC(OCC)C2n2cccn2)N=N1. The molecule has 1 saturated carbocycles. The van der Waals surface area contributed by atoms with E-state index in [0.29, 0.717) is 25.9 Å². The second-order valence-electron chi connectivity index (χ2n) is 6.27. The van der Waals surface area contributed by atoms with Gasteiger partial charge < -0.3 is 10.1 Å². The lowest BCUT2D eigenvalue weighted by Gasteiger charge is -2.44. The molecule has 0 bridgehead atoms. The lowest BCUT2D eigenvalue weighted by atomic mass is 9.82. The van der Waals surface area contributed by atoms with E-state index in [0.717, 1.165) is 12.8 Å². The van der Waals surface area contributed by atoms with Gasteiger partial charge >= 0.3 is 0 Å². The monoisotopic (exact) mass is 329 g/mol. The molecule has 3 rings (SSSR count). The maximum absolute atomic E-state index is 12.3. The number of rotatable bonds is 9. The van der Waals surface area contributed by atoms with Crippen molar-refractivity contribution < 1.29 is 9.53 Å². The summed E-state index contributed by atoms with van der Waals surface area (Å²) in [5, 5.41) is 15.5. The highest BCUT2D eigenvalue weighted by molar-refractivity contribution is 5.76. The van der Waals surface area contributed by atoms with Gasteiger partial charge in [-0.05, 0) is 19.4 Å². The summed E-state index contributed by atoms with van der Waals surface area (Å²) in [7, 11) is 0. The number of nitrogens with one attached hydrogen (secondary N) is 1. The predicted molar refractivity (Wildman–Crippen MR) is 88.1 cm³/mol. The van der Waals surface area contributed by atoms with E-state index in [-0.39, 0.29) is 24.1 Å². The van der Waals surface area contributed by atoms with Crippen molar-refractivity contribution in [2.24, 2.45) is 10.2 Å². The summed E-state index contributed by atoms with van der Waals surface area (Å²) in [5.41, 5.74) is -0.404. The number of hydrogen-bond donors (Lipinski definition) is 1. The van der Waals surface area contributed by atoms with E-state index in [1.54, 1.807) is 6.20 Å². The van der Waals surface area contributed by atoms with Crippen molar-refractivity contribution in [1.82, 2.24) is 15.1 Å². The summed E-state index contributed by atoms with van der Waals surface area (Å²) in [6.45, 7) is 2.63. The average Bonchev–Trinajstić information content (AvgIpc) is 3.15. The number of carbonyl (C=O) groups excluding carboxylic acids is 1. The molecule has 3 unspecified atom stereocenters. The Morgan fingerprint density at radius 2 is 2.33 bits per heavy atom. The molecule has 3 atom stereocenters. The molecule has 0 saturated heterocycles. The molecule has 7 nitrogen and oxygen atoms in total. The van der Waals surface area contributed by atoms with Crippen LogP contribution in [0.3, 0.4) is 0 Å². The lowest BCUT2D eigenvalue weighted by Crippen LogP contribution is -2.57. The standard InChI is InChI=1S/C17H23N5O2/c1-3-5-8-17(20-21-17)9-7-15(23)19-13-12-14(24-4-2)16(13)22-11-6-10-18-22/h1,6,10-11,13-14,16H,4-5,7-9,12H2,2H3,(H,19,23). The van der Waals surface area contributed by atoms with Gasteiger partial charge in [0, 0.05) is 44.7 Å². The fourth-order valence-corrected chi connectivity index (χ4v) is 3.19. The number of aromatic nitrogens is 2. The number of nitrogens with zero attached hydrogens (tertiary/aromatic N) is 4. The van der Waals surface area contributed by atoms with Crippen molar-refractivity contribution >= 4 is 5.91 Å². The molecule has 1 N–H and O–H groups in total. The minimum absolute atomic E-state index is 0.0180. The van der Waals surface area contributed by atoms with Crippen LogP contribution in [0.15, 0.2) is 28.7 Å². The maximum atomic E-state index is 12.3. The minimum Gasteiger partial charge on any atom is -0.376 e. The smallest absolute Gasteiger partial charge is 0.220 e. The van der Waals surface area contributed by atoms with Gasteiger partial charge in [-0.25, -0.2) is 0 Å². The van der Waals surface area contributed by atoms with Crippen LogP contribution in [0.4, 0.5) is 0 Å². The highest BCUT2D eigenvalue weighted by Crippen LogP contribution is 2.38. The summed E-state index contributed by atoms with van der Waals surface area (Å²) in [6, 6.07) is 1.98. The number of ether oxygens (including phenoxy) is 1. The van der Waals surface area contributed by atoms with Crippen molar-refractivity contribution in [1.29, 1.82) is 0 Å². The third-order valence-corrected chi connectivity index (χ3v) is 4.64. The Bertz CT molecular complexity index is 628. The van der Waals surface area contributed by atoms with Crippen LogP contribution in [0.5, 0.6) is 0 Å². The summed E-state index contributed by atoms with van der Waals surface area (Å²) in [5.74, 6) is 2.61. The van der Waals surface area contributed by atoms with E-state index in [9.17, 15) is 4.79 Å². The molecule has 7 heteroatoms. The maximum Gasteiger partial charge on any atom is 0.220 e. The Balaban J connectivity index is 1.48. The molecule has 1 amide bonds. The van der Waals surface area contributed by atoms with Crippen molar-refractivity contribution in [2.45, 2.75) is 62.9 Å². The Labute approximate surface area is 141 Å². The zero-order valence-electron chi connectivity index (χ0n) is 13.9. The van der Waals surface area contributed by atoms with Crippen LogP contribution in [0.25, 0.3) is 0 Å². The molecular weight excluding hydrogens is 306 g/mol. The molecule has 24 heavy (non-hydrogen) atoms. The van der Waals surface area contributed by atoms with Crippen LogP contribution in [0.2, 0.25) is 0 Å². The van der Waals surface area contributed by atoms with Crippen LogP contribution < -0.4 is 5.32 Å². The fourth-order valence-electron chi connectivity index (χ4n) is 3.19. The van der Waals surface area contributed by atoms with Crippen molar-refractivity contribution in [3.05, 3.63) is 18.5 Å². The van der Waals surface area contributed by atoms with Crippen LogP contribution in [-0.2, 0) is 9.53 Å². The first-order valence-corrected chi connectivity index (χ1v) is 8.45. The van der Waals surface area contributed by atoms with Crippen LogP contribution in [-0.4, -0.2) is 40.1 Å². The summed E-state index contributed by atoms with van der Waals surface area (Å²) in [4.78, 5) is 12.3. The molecule has 1 aromatic rings. The first kappa shape index (κ1) is 16.7. The van der Waals surface area contributed by atoms with Gasteiger partial charge in [0.1, 0.15) is 0 Å². The van der Waals surface area contributed by atoms with E-state index >= 15 is 0 Å². The Hall–Kier alpha value is -2.20. The number of carbonyl (C=O) groups is 1. The van der Waals surface area contributed by atoms with Crippen LogP contribution in [0, 0.1) is 12.3 Å². The number of terminal acetylenes is 1. The fraction of sp³-hybridized carbons (Fsp3) is 0.647. The molecule has 0 spiro atoms. The normalized spacial score (nSPS) is 26.4. The van der Waals surface area contributed by atoms with Gasteiger partial charge in [0.15, 0.2) is 5.66 Å². The zero-order chi connectivity index (χ0) is 17.0. The van der Waals surface area contributed by atoms with E-state index in [1.807, 2.05) is 23.9 Å². The summed E-state index contributed by atoms with van der Waals surface area (Å²) < 4.78 is 7.60. The number of amides is 1. The molecule has 1 aliphatic carbocycles. The molecule has 0 aromatic carbocycles. The van der Waals surface area contributed by atoms with Crippen LogP contribution >= 0.6 is 0 Å². The van der Waals surface area contributed by atoms with Crippen molar-refractivity contribution in [2.75, 3.05) is 6.61 Å². The van der Waals surface area contributed by atoms with Gasteiger partial charge in [0.25, 0.3) is 0 Å². The Kier molecular flexibility index (Phi) is 4.95. The predicted octanol–water partition coefficient (Wildman–Crippen LogP) is 2.07. The molecule has 0 radical (unpaired) electrons. The highest BCUT2D eigenvalue weighted by atomic mass is 16.5. The summed E-state index contributed by atoms with van der Waals surface area (Å²) in [6.07, 6.45) is 12.2. The van der Waals surface area contributed by atoms with E-state index < -0.39 is 5.66 Å². The third-order valence-electron chi connectivity index (χ3n) is 4.64. The second kappa shape index (κ2) is 7.14. The number of hydrogen-bond acceptors (Lipinski definition) is 5. The van der Waals surface area contributed by atoms with E-state index in [1.165, 1.54) is 0 Å². The topological polar surface area (TPSA) is 80.9 Å². The molecule has 2 heterocycles. The van der Waals surface area contributed by atoms with Crippen molar-refractivity contribution in [3.63, 3.8) is 0 Å². The molecule has 1 aliphatic heterocycles. The van der Waals surface area contributed by atoms with Gasteiger partial charge in [-0.15, -0.1) is 12.3 Å². The van der Waals surface area contributed by atoms with Gasteiger partial charge in [-0.2, -0.15) is 15.3 Å². The van der Waals surface area contributed by atoms with Crippen molar-refractivity contribution in [3.8, 4) is 12.3 Å². The zero-order valence-corrected chi connectivity index (χ0v) is 13.9. The molecule has 1 fully saturated rings. The third kappa shape index (κ3) is 3.65. The first-order chi connectivity index (χ1) is 11.7. The van der Waals surface area contributed by atoms with Crippen LogP contribution in [0.1, 0.15) is 45.1 Å². The summed E-state index contributed by atoms with van der Waals surface area (Å²) >= 11 is 0. The quantitative estimate of drug-likeness (QED) is 0.704. The van der Waals surface area contributed by atoms with Gasteiger partial charge in [0.2, 0.25) is 5.91 Å². The molecule has 1 aromatic heterocycles. The van der Waals surface area contributed by atoms with Gasteiger partial charge in [-0.1, -0.05) is 0 Å². The molecular formula is C17H23N5O2. The lowest BCUT2D eigenvalue weighted by molar-refractivity contribution is -0.126. The largest absolute Gasteiger partial charge is 0.376 e. The Morgan fingerprint density at radius 1 is 1.50 bits per heavy atom. The first-order valence-electron chi connectivity index (χ1n) is 8.45. The average molecular weight is 329 g/mol. The van der Waals surface area contributed by atoms with Gasteiger partial charge in [-0.3, -0.25) is 9.48 Å². The van der Waals surface area contributed by atoms with E-state index in [2.05, 4.69) is 26.6 Å². The second-order valence-corrected chi connectivity index (χ2v) is 6.27. The van der Waals surface area contributed by atoms with Gasteiger partial charge in [0.05, 0.1) is 18.2 Å². The highest BCUT2D eigenvalue weighted by Gasteiger charge is 2.45. The molecule has 2 aliphatic rings. The van der Waals surface area contributed by atoms with E-state index in [4.69, 9.17) is 11.2 Å². The molecule has 128 valence electrons.